The van der Waals surface area contributed by atoms with E-state index < -0.39 is 36.4 Å². The Labute approximate surface area is 270 Å². The molecule has 0 spiro atoms. The SMILES string of the molecule is O=C(O)C(=O)O.Oc1cc(O)c2c(c1)O[C@H](c1ccc(O)c(O)c1)[C@@H](O)C2.Oc1cc(O)c2c(c1)O[C@H](c1ccc(O)c(O)c1)[C@@H](O)C2. The number of aliphatic hydroxyl groups is 2. The van der Waals surface area contributed by atoms with Crippen LogP contribution in [0.1, 0.15) is 34.5 Å². The van der Waals surface area contributed by atoms with Crippen LogP contribution in [0.3, 0.4) is 0 Å². The van der Waals surface area contributed by atoms with E-state index in [-0.39, 0.29) is 70.3 Å². The highest BCUT2D eigenvalue weighted by Gasteiger charge is 2.33. The molecule has 0 bridgehead atoms. The fourth-order valence-electron chi connectivity index (χ4n) is 4.93. The standard InChI is InChI=1S/2C15H14O6.C2H2O4/c2*16-8-4-11(18)9-6-13(20)15(21-14(9)5-8)7-1-2-10(17)12(19)3-7;3-1(4)2(5)6/h2*1-5,13,15-20H,6H2;(H,3,4)(H,5,6)/t2*13-,15+;/m00./s1. The maximum Gasteiger partial charge on any atom is 0.414 e. The zero-order valence-electron chi connectivity index (χ0n) is 24.5. The fraction of sp³-hybridized carbons (Fsp3) is 0.188. The zero-order chi connectivity index (χ0) is 35.4. The molecule has 0 saturated carbocycles. The van der Waals surface area contributed by atoms with Gasteiger partial charge in [-0.2, -0.15) is 0 Å². The third-order valence-corrected chi connectivity index (χ3v) is 7.21. The van der Waals surface area contributed by atoms with Crippen molar-refractivity contribution in [1.82, 2.24) is 0 Å². The van der Waals surface area contributed by atoms with Gasteiger partial charge in [0.15, 0.2) is 23.0 Å². The number of carboxylic acids is 2. The lowest BCUT2D eigenvalue weighted by Crippen LogP contribution is -2.30. The van der Waals surface area contributed by atoms with E-state index >= 15 is 0 Å². The highest BCUT2D eigenvalue weighted by molar-refractivity contribution is 6.27. The van der Waals surface area contributed by atoms with Crippen molar-refractivity contribution in [2.45, 2.75) is 37.3 Å². The van der Waals surface area contributed by atoms with Gasteiger partial charge in [-0.15, -0.1) is 0 Å². The lowest BCUT2D eigenvalue weighted by Gasteiger charge is -2.31. The minimum Gasteiger partial charge on any atom is -0.508 e. The molecule has 16 heteroatoms. The number of phenolic OH excluding ortho intramolecular Hbond substituents is 8. The van der Waals surface area contributed by atoms with Gasteiger partial charge in [0.25, 0.3) is 0 Å². The molecule has 6 rings (SSSR count). The summed E-state index contributed by atoms with van der Waals surface area (Å²) >= 11 is 0. The highest BCUT2D eigenvalue weighted by atomic mass is 16.5. The number of carbonyl (C=O) groups is 2. The molecule has 0 aromatic heterocycles. The van der Waals surface area contributed by atoms with Crippen LogP contribution in [-0.2, 0) is 22.4 Å². The minimum atomic E-state index is -1.82. The number of aromatic hydroxyl groups is 8. The van der Waals surface area contributed by atoms with E-state index in [4.69, 9.17) is 29.3 Å². The Hall–Kier alpha value is -6.26. The van der Waals surface area contributed by atoms with E-state index in [1.807, 2.05) is 0 Å². The van der Waals surface area contributed by atoms with Crippen LogP contribution in [0.5, 0.6) is 57.5 Å². The molecule has 0 unspecified atom stereocenters. The van der Waals surface area contributed by atoms with E-state index in [0.717, 1.165) is 0 Å². The second-order valence-corrected chi connectivity index (χ2v) is 10.6. The normalized spacial score (nSPS) is 19.0. The van der Waals surface area contributed by atoms with Gasteiger partial charge in [-0.1, -0.05) is 12.1 Å². The molecule has 0 fully saturated rings. The number of carboxylic acid groups (broad SMARTS) is 2. The summed E-state index contributed by atoms with van der Waals surface area (Å²) in [6.45, 7) is 0. The second-order valence-electron chi connectivity index (χ2n) is 10.6. The molecule has 4 atom stereocenters. The van der Waals surface area contributed by atoms with Gasteiger partial charge in [0.1, 0.15) is 46.7 Å². The van der Waals surface area contributed by atoms with E-state index in [0.29, 0.717) is 22.3 Å². The average molecular weight is 671 g/mol. The minimum absolute atomic E-state index is 0.143. The Kier molecular flexibility index (Phi) is 10.1. The molecule has 0 aliphatic carbocycles. The van der Waals surface area contributed by atoms with Crippen molar-refractivity contribution in [2.24, 2.45) is 0 Å². The Morgan fingerprint density at radius 2 is 0.854 bits per heavy atom. The number of fused-ring (bicyclic) bond motifs is 2. The molecule has 16 nitrogen and oxygen atoms in total. The van der Waals surface area contributed by atoms with Gasteiger partial charge in [-0.3, -0.25) is 0 Å². The molecule has 4 aromatic rings. The number of hydrogen-bond donors (Lipinski definition) is 12. The van der Waals surface area contributed by atoms with E-state index in [2.05, 4.69) is 0 Å². The van der Waals surface area contributed by atoms with Crippen LogP contribution in [0.2, 0.25) is 0 Å². The average Bonchev–Trinajstić information content (AvgIpc) is 3.01. The summed E-state index contributed by atoms with van der Waals surface area (Å²) in [7, 11) is 0. The van der Waals surface area contributed by atoms with Gasteiger partial charge in [-0.05, 0) is 35.4 Å². The van der Waals surface area contributed by atoms with Gasteiger partial charge in [0, 0.05) is 48.2 Å². The highest BCUT2D eigenvalue weighted by Crippen LogP contribution is 2.44. The van der Waals surface area contributed by atoms with Gasteiger partial charge in [0.2, 0.25) is 0 Å². The van der Waals surface area contributed by atoms with Crippen molar-refractivity contribution in [3.8, 4) is 57.5 Å². The smallest absolute Gasteiger partial charge is 0.414 e. The Morgan fingerprint density at radius 1 is 0.500 bits per heavy atom. The van der Waals surface area contributed by atoms with Crippen LogP contribution in [0.25, 0.3) is 0 Å². The Bertz CT molecular complexity index is 1700. The van der Waals surface area contributed by atoms with Crippen molar-refractivity contribution in [1.29, 1.82) is 0 Å². The molecular formula is C32H30O16. The predicted molar refractivity (Wildman–Crippen MR) is 161 cm³/mol. The van der Waals surface area contributed by atoms with Crippen LogP contribution in [0.15, 0.2) is 60.7 Å². The lowest BCUT2D eigenvalue weighted by molar-refractivity contribution is -0.159. The van der Waals surface area contributed by atoms with Crippen molar-refractivity contribution in [3.05, 3.63) is 82.9 Å². The number of rotatable bonds is 2. The monoisotopic (exact) mass is 670 g/mol. The second kappa shape index (κ2) is 14.0. The van der Waals surface area contributed by atoms with Gasteiger partial charge < -0.3 is 70.8 Å². The maximum atomic E-state index is 10.2. The summed E-state index contributed by atoms with van der Waals surface area (Å²) in [5.74, 6) is -4.83. The molecule has 2 aliphatic heterocycles. The van der Waals surface area contributed by atoms with Crippen LogP contribution in [0.4, 0.5) is 0 Å². The molecule has 0 saturated heterocycles. The van der Waals surface area contributed by atoms with E-state index in [1.54, 1.807) is 0 Å². The molecule has 12 N–H and O–H groups in total. The first-order valence-electron chi connectivity index (χ1n) is 13.8. The molecule has 2 heterocycles. The first-order valence-corrected chi connectivity index (χ1v) is 13.8. The summed E-state index contributed by atoms with van der Waals surface area (Å²) in [6.07, 6.45) is -3.12. The van der Waals surface area contributed by atoms with Gasteiger partial charge >= 0.3 is 11.9 Å². The number of aliphatic carboxylic acids is 2. The van der Waals surface area contributed by atoms with Crippen LogP contribution in [0, 0.1) is 0 Å². The van der Waals surface area contributed by atoms with E-state index in [9.17, 15) is 51.1 Å². The number of hydrogen-bond acceptors (Lipinski definition) is 14. The summed E-state index contributed by atoms with van der Waals surface area (Å²) in [5, 5.41) is 111. The first-order chi connectivity index (χ1) is 22.5. The first kappa shape index (κ1) is 34.6. The van der Waals surface area contributed by atoms with Crippen LogP contribution in [-0.4, -0.2) is 85.4 Å². The summed E-state index contributed by atoms with van der Waals surface area (Å²) in [5.41, 5.74) is 1.79. The lowest BCUT2D eigenvalue weighted by atomic mass is 9.94. The van der Waals surface area contributed by atoms with Gasteiger partial charge in [-0.25, -0.2) is 9.59 Å². The summed E-state index contributed by atoms with van der Waals surface area (Å²) < 4.78 is 11.2. The van der Waals surface area contributed by atoms with E-state index in [1.165, 1.54) is 60.7 Å². The number of aliphatic hydroxyl groups excluding tert-OH is 2. The molecule has 4 aromatic carbocycles. The third kappa shape index (κ3) is 7.75. The molecule has 0 amide bonds. The van der Waals surface area contributed by atoms with Crippen LogP contribution >= 0.6 is 0 Å². The quantitative estimate of drug-likeness (QED) is 0.107. The molecule has 0 radical (unpaired) electrons. The topological polar surface area (TPSA) is 295 Å². The van der Waals surface area contributed by atoms with Crippen molar-refractivity contribution >= 4 is 11.9 Å². The van der Waals surface area contributed by atoms with Crippen molar-refractivity contribution in [3.63, 3.8) is 0 Å². The molecule has 2 aliphatic rings. The Balaban J connectivity index is 0.000000186. The third-order valence-electron chi connectivity index (χ3n) is 7.21. The molecule has 48 heavy (non-hydrogen) atoms. The largest absolute Gasteiger partial charge is 0.508 e. The number of benzene rings is 4. The molecule has 254 valence electrons. The number of ether oxygens (including phenoxy) is 2. The molecular weight excluding hydrogens is 640 g/mol. The summed E-state index contributed by atoms with van der Waals surface area (Å²) in [6, 6.07) is 13.3. The van der Waals surface area contributed by atoms with Crippen molar-refractivity contribution in [2.75, 3.05) is 0 Å². The van der Waals surface area contributed by atoms with Crippen molar-refractivity contribution < 1.29 is 80.3 Å². The maximum absolute atomic E-state index is 10.2. The van der Waals surface area contributed by atoms with Gasteiger partial charge in [0.05, 0.1) is 12.2 Å². The summed E-state index contributed by atoms with van der Waals surface area (Å²) in [4.78, 5) is 18.2. The predicted octanol–water partition coefficient (Wildman–Crippen LogP) is 2.25. The zero-order valence-corrected chi connectivity index (χ0v) is 24.5. The Morgan fingerprint density at radius 3 is 1.17 bits per heavy atom. The number of phenols is 8. The fourth-order valence-corrected chi connectivity index (χ4v) is 4.93. The van der Waals surface area contributed by atoms with Crippen LogP contribution < -0.4 is 9.47 Å².